The Balaban J connectivity index is 1.53. The second-order valence-electron chi connectivity index (χ2n) is 7.09. The summed E-state index contributed by atoms with van der Waals surface area (Å²) in [5, 5.41) is 20.4. The number of carbonyl (C=O) groups excluding carboxylic acids is 1. The van der Waals surface area contributed by atoms with Crippen molar-refractivity contribution in [3.8, 4) is 0 Å². The van der Waals surface area contributed by atoms with Gasteiger partial charge in [-0.25, -0.2) is 0 Å². The summed E-state index contributed by atoms with van der Waals surface area (Å²) in [6.45, 7) is 2.06. The van der Waals surface area contributed by atoms with E-state index in [4.69, 9.17) is 0 Å². The van der Waals surface area contributed by atoms with Gasteiger partial charge in [-0.15, -0.1) is 0 Å². The van der Waals surface area contributed by atoms with E-state index in [1.54, 1.807) is 4.68 Å². The Kier molecular flexibility index (Phi) is 5.33. The topological polar surface area (TPSA) is 79.2 Å². The lowest BCUT2D eigenvalue weighted by Crippen LogP contribution is -2.52. The van der Waals surface area contributed by atoms with E-state index in [-0.39, 0.29) is 18.1 Å². The summed E-state index contributed by atoms with van der Waals surface area (Å²) in [6.07, 6.45) is 8.72. The molecular weight excluding hydrogens is 292 g/mol. The molecule has 0 spiro atoms. The van der Waals surface area contributed by atoms with Gasteiger partial charge in [0.2, 0.25) is 5.91 Å². The van der Waals surface area contributed by atoms with Gasteiger partial charge in [0.05, 0.1) is 12.3 Å². The lowest BCUT2D eigenvalue weighted by molar-refractivity contribution is -0.123. The summed E-state index contributed by atoms with van der Waals surface area (Å²) < 4.78 is 1.76. The van der Waals surface area contributed by atoms with Gasteiger partial charge in [0, 0.05) is 25.7 Å². The van der Waals surface area contributed by atoms with Crippen molar-refractivity contribution in [3.63, 3.8) is 0 Å². The van der Waals surface area contributed by atoms with E-state index in [0.29, 0.717) is 18.3 Å². The highest BCUT2D eigenvalue weighted by atomic mass is 16.3. The molecule has 1 aromatic rings. The molecule has 1 saturated carbocycles. The molecule has 23 heavy (non-hydrogen) atoms. The van der Waals surface area contributed by atoms with Crippen LogP contribution in [-0.4, -0.2) is 46.0 Å². The third kappa shape index (κ3) is 4.32. The average molecular weight is 320 g/mol. The summed E-state index contributed by atoms with van der Waals surface area (Å²) in [7, 11) is 1.89. The summed E-state index contributed by atoms with van der Waals surface area (Å²) in [5.74, 6) is 1.10. The number of carbonyl (C=O) groups is 1. The van der Waals surface area contributed by atoms with Gasteiger partial charge in [-0.05, 0) is 62.6 Å². The first-order chi connectivity index (χ1) is 11.1. The molecule has 0 radical (unpaired) electrons. The number of piperidine rings is 1. The zero-order valence-electron chi connectivity index (χ0n) is 13.9. The van der Waals surface area contributed by atoms with E-state index in [0.717, 1.165) is 50.8 Å². The quantitative estimate of drug-likeness (QED) is 0.717. The largest absolute Gasteiger partial charge is 0.393 e. The van der Waals surface area contributed by atoms with Gasteiger partial charge >= 0.3 is 0 Å². The average Bonchev–Trinajstić information content (AvgIpc) is 2.94. The smallest absolute Gasteiger partial charge is 0.220 e. The Morgan fingerprint density at radius 1 is 1.43 bits per heavy atom. The van der Waals surface area contributed by atoms with Crippen LogP contribution in [0.25, 0.3) is 0 Å². The van der Waals surface area contributed by atoms with Gasteiger partial charge < -0.3 is 15.7 Å². The number of hydrogen-bond acceptors (Lipinski definition) is 4. The molecule has 1 aliphatic heterocycles. The van der Waals surface area contributed by atoms with Crippen LogP contribution < -0.4 is 10.6 Å². The van der Waals surface area contributed by atoms with Crippen molar-refractivity contribution in [1.29, 1.82) is 0 Å². The first-order valence-corrected chi connectivity index (χ1v) is 8.77. The van der Waals surface area contributed by atoms with E-state index >= 15 is 0 Å². The van der Waals surface area contributed by atoms with Crippen LogP contribution in [0.2, 0.25) is 0 Å². The third-order valence-electron chi connectivity index (χ3n) is 5.28. The molecule has 1 atom stereocenters. The minimum Gasteiger partial charge on any atom is -0.393 e. The number of aliphatic hydroxyl groups is 1. The SMILES string of the molecule is Cn1cc(CCC(=O)N[C@H](C2CCNCC2)C2CC(O)C2)cn1. The Morgan fingerprint density at radius 3 is 2.78 bits per heavy atom. The van der Waals surface area contributed by atoms with Gasteiger partial charge in [0.1, 0.15) is 0 Å². The lowest BCUT2D eigenvalue weighted by atomic mass is 9.71. The van der Waals surface area contributed by atoms with E-state index < -0.39 is 0 Å². The molecule has 1 aromatic heterocycles. The molecule has 1 aliphatic carbocycles. The first-order valence-electron chi connectivity index (χ1n) is 8.77. The Morgan fingerprint density at radius 2 is 2.17 bits per heavy atom. The van der Waals surface area contributed by atoms with E-state index in [9.17, 15) is 9.90 Å². The standard InChI is InChI=1S/C17H28N4O2/c1-21-11-12(10-19-21)2-3-16(23)20-17(14-8-15(22)9-14)13-4-6-18-7-5-13/h10-11,13-15,17-18,22H,2-9H2,1H3,(H,20,23)/t14?,15?,17-/m1/s1. The number of aryl methyl sites for hydroxylation is 2. The molecule has 3 rings (SSSR count). The second-order valence-corrected chi connectivity index (χ2v) is 7.09. The molecule has 0 unspecified atom stereocenters. The molecule has 1 saturated heterocycles. The fraction of sp³-hybridized carbons (Fsp3) is 0.765. The Hall–Kier alpha value is -1.40. The molecule has 2 heterocycles. The van der Waals surface area contributed by atoms with E-state index in [2.05, 4.69) is 15.7 Å². The maximum atomic E-state index is 12.4. The Labute approximate surface area is 137 Å². The summed E-state index contributed by atoms with van der Waals surface area (Å²) in [4.78, 5) is 12.4. The monoisotopic (exact) mass is 320 g/mol. The molecule has 6 heteroatoms. The van der Waals surface area contributed by atoms with Gasteiger partial charge in [0.25, 0.3) is 0 Å². The van der Waals surface area contributed by atoms with Crippen LogP contribution in [0.4, 0.5) is 0 Å². The molecular formula is C17H28N4O2. The highest BCUT2D eigenvalue weighted by Crippen LogP contribution is 2.35. The Bertz CT molecular complexity index is 518. The van der Waals surface area contributed by atoms with Crippen LogP contribution in [0.15, 0.2) is 12.4 Å². The van der Waals surface area contributed by atoms with Crippen LogP contribution in [0.5, 0.6) is 0 Å². The van der Waals surface area contributed by atoms with Crippen LogP contribution in [0.3, 0.4) is 0 Å². The maximum Gasteiger partial charge on any atom is 0.220 e. The number of rotatable bonds is 6. The van der Waals surface area contributed by atoms with E-state index in [1.807, 2.05) is 19.4 Å². The summed E-state index contributed by atoms with van der Waals surface area (Å²) >= 11 is 0. The zero-order valence-corrected chi connectivity index (χ0v) is 13.9. The molecule has 3 N–H and O–H groups in total. The van der Waals surface area contributed by atoms with E-state index in [1.165, 1.54) is 0 Å². The van der Waals surface area contributed by atoms with Crippen molar-refractivity contribution in [2.45, 2.75) is 50.7 Å². The van der Waals surface area contributed by atoms with Gasteiger partial charge in [-0.3, -0.25) is 9.48 Å². The lowest BCUT2D eigenvalue weighted by Gasteiger charge is -2.43. The predicted molar refractivity (Wildman–Crippen MR) is 87.8 cm³/mol. The summed E-state index contributed by atoms with van der Waals surface area (Å²) in [5.41, 5.74) is 1.10. The normalized spacial score (nSPS) is 26.5. The number of aromatic nitrogens is 2. The minimum absolute atomic E-state index is 0.124. The third-order valence-corrected chi connectivity index (χ3v) is 5.28. The molecule has 6 nitrogen and oxygen atoms in total. The van der Waals surface area contributed by atoms with Crippen LogP contribution >= 0.6 is 0 Å². The fourth-order valence-corrected chi connectivity index (χ4v) is 3.86. The predicted octanol–water partition coefficient (Wildman–Crippen LogP) is 0.608. The maximum absolute atomic E-state index is 12.4. The molecule has 1 amide bonds. The number of nitrogens with one attached hydrogen (secondary N) is 2. The number of nitrogens with zero attached hydrogens (tertiary/aromatic N) is 2. The second kappa shape index (κ2) is 7.45. The van der Waals surface area contributed by atoms with Crippen molar-refractivity contribution >= 4 is 5.91 Å². The van der Waals surface area contributed by atoms with Crippen molar-refractivity contribution < 1.29 is 9.90 Å². The number of hydrogen-bond donors (Lipinski definition) is 3. The molecule has 0 bridgehead atoms. The van der Waals surface area contributed by atoms with Crippen molar-refractivity contribution in [3.05, 3.63) is 18.0 Å². The van der Waals surface area contributed by atoms with Crippen molar-refractivity contribution in [2.24, 2.45) is 18.9 Å². The van der Waals surface area contributed by atoms with Crippen LogP contribution in [-0.2, 0) is 18.3 Å². The highest BCUT2D eigenvalue weighted by Gasteiger charge is 2.38. The number of aliphatic hydroxyl groups excluding tert-OH is 1. The highest BCUT2D eigenvalue weighted by molar-refractivity contribution is 5.76. The van der Waals surface area contributed by atoms with Crippen LogP contribution in [0.1, 0.15) is 37.7 Å². The summed E-state index contributed by atoms with van der Waals surface area (Å²) in [6, 6.07) is 0.224. The molecule has 2 fully saturated rings. The number of amides is 1. The van der Waals surface area contributed by atoms with Gasteiger partial charge in [-0.2, -0.15) is 5.10 Å². The fourth-order valence-electron chi connectivity index (χ4n) is 3.86. The molecule has 2 aliphatic rings. The molecule has 128 valence electrons. The first kappa shape index (κ1) is 16.5. The van der Waals surface area contributed by atoms with Crippen molar-refractivity contribution in [2.75, 3.05) is 13.1 Å². The minimum atomic E-state index is -0.170. The van der Waals surface area contributed by atoms with Crippen molar-refractivity contribution in [1.82, 2.24) is 20.4 Å². The van der Waals surface area contributed by atoms with Gasteiger partial charge in [0.15, 0.2) is 0 Å². The van der Waals surface area contributed by atoms with Crippen LogP contribution in [0, 0.1) is 11.8 Å². The van der Waals surface area contributed by atoms with Gasteiger partial charge in [-0.1, -0.05) is 0 Å². The zero-order chi connectivity index (χ0) is 16.2. The molecule has 0 aromatic carbocycles.